The van der Waals surface area contributed by atoms with Gasteiger partial charge < -0.3 is 10.1 Å². The number of halogens is 2. The van der Waals surface area contributed by atoms with Gasteiger partial charge in [0, 0.05) is 28.3 Å². The number of methoxy groups -OCH3 is 1. The Hall–Kier alpha value is -0.840. The minimum Gasteiger partial charge on any atom is -0.384 e. The van der Waals surface area contributed by atoms with Crippen molar-refractivity contribution >= 4 is 37.5 Å². The molecule has 0 fully saturated rings. The van der Waals surface area contributed by atoms with E-state index in [-0.39, 0.29) is 0 Å². The van der Waals surface area contributed by atoms with Gasteiger partial charge in [0.05, 0.1) is 6.61 Å². The zero-order chi connectivity index (χ0) is 14.4. The summed E-state index contributed by atoms with van der Waals surface area (Å²) in [5.74, 6) is 0. The van der Waals surface area contributed by atoms with Crippen LogP contribution in [0.5, 0.6) is 0 Å². The average Bonchev–Trinajstić information content (AvgIpc) is 2.47. The molecule has 1 N–H and O–H groups in total. The highest BCUT2D eigenvalue weighted by Crippen LogP contribution is 2.24. The third kappa shape index (κ3) is 4.33. The van der Waals surface area contributed by atoms with E-state index in [9.17, 15) is 0 Å². The van der Waals surface area contributed by atoms with E-state index in [1.807, 2.05) is 0 Å². The van der Waals surface area contributed by atoms with Gasteiger partial charge in [0.15, 0.2) is 0 Å². The van der Waals surface area contributed by atoms with E-state index in [4.69, 9.17) is 4.74 Å². The van der Waals surface area contributed by atoms with Crippen molar-refractivity contribution in [3.8, 4) is 0 Å². The molecule has 4 heteroatoms. The van der Waals surface area contributed by atoms with Crippen molar-refractivity contribution < 1.29 is 4.74 Å². The van der Waals surface area contributed by atoms with E-state index in [0.717, 1.165) is 28.5 Å². The van der Waals surface area contributed by atoms with Gasteiger partial charge >= 0.3 is 0 Å². The molecular weight excluding hydrogens is 382 g/mol. The lowest BCUT2D eigenvalue weighted by Gasteiger charge is -2.12. The van der Waals surface area contributed by atoms with E-state index >= 15 is 0 Å². The molecule has 0 aliphatic rings. The van der Waals surface area contributed by atoms with Gasteiger partial charge in [-0.3, -0.25) is 0 Å². The molecule has 0 saturated carbocycles. The van der Waals surface area contributed by atoms with Crippen LogP contribution in [0.25, 0.3) is 0 Å². The van der Waals surface area contributed by atoms with Gasteiger partial charge in [-0.2, -0.15) is 0 Å². The second-order valence-corrected chi connectivity index (χ2v) is 6.21. The van der Waals surface area contributed by atoms with Crippen LogP contribution >= 0.6 is 31.9 Å². The lowest BCUT2D eigenvalue weighted by molar-refractivity contribution is 0.202. The Bertz CT molecular complexity index is 572. The normalized spacial score (nSPS) is 10.6. The molecule has 2 rings (SSSR count). The fraction of sp³-hybridized carbons (Fsp3) is 0.250. The lowest BCUT2D eigenvalue weighted by atomic mass is 10.1. The molecule has 0 aliphatic heterocycles. The van der Waals surface area contributed by atoms with Crippen molar-refractivity contribution in [2.24, 2.45) is 0 Å². The molecule has 0 unspecified atom stereocenters. The smallest absolute Gasteiger partial charge is 0.0503 e. The lowest BCUT2D eigenvalue weighted by Crippen LogP contribution is -2.04. The van der Waals surface area contributed by atoms with Gasteiger partial charge in [0.1, 0.15) is 0 Å². The molecule has 2 nitrogen and oxygen atoms in total. The summed E-state index contributed by atoms with van der Waals surface area (Å²) in [6, 6.07) is 14.6. The summed E-state index contributed by atoms with van der Waals surface area (Å²) in [5.41, 5.74) is 3.69. The molecule has 0 saturated heterocycles. The Kier molecular flexibility index (Phi) is 6.07. The molecule has 2 aromatic carbocycles. The Morgan fingerprint density at radius 3 is 2.60 bits per heavy atom. The van der Waals surface area contributed by atoms with Crippen LogP contribution in [0, 0.1) is 0 Å². The molecular formula is C16H17Br2NO. The maximum absolute atomic E-state index is 5.15. The van der Waals surface area contributed by atoms with E-state index in [1.54, 1.807) is 7.11 Å². The summed E-state index contributed by atoms with van der Waals surface area (Å²) < 4.78 is 7.30. The Labute approximate surface area is 136 Å². The van der Waals surface area contributed by atoms with Crippen LogP contribution in [0.4, 0.5) is 5.69 Å². The number of benzene rings is 2. The third-order valence-corrected chi connectivity index (χ3v) is 4.94. The topological polar surface area (TPSA) is 21.3 Å². The van der Waals surface area contributed by atoms with Crippen LogP contribution in [0.1, 0.15) is 11.1 Å². The Morgan fingerprint density at radius 1 is 1.05 bits per heavy atom. The standard InChI is InChI=1S/C16H17Br2NO/c1-20-9-8-13-4-2-3-5-16(13)19-11-12-6-7-14(17)15(18)10-12/h2-7,10,19H,8-9,11H2,1H3. The average molecular weight is 399 g/mol. The minimum atomic E-state index is 0.739. The maximum atomic E-state index is 5.15. The van der Waals surface area contributed by atoms with Crippen molar-refractivity contribution in [2.45, 2.75) is 13.0 Å². The third-order valence-electron chi connectivity index (χ3n) is 3.06. The minimum absolute atomic E-state index is 0.739. The molecule has 0 spiro atoms. The highest BCUT2D eigenvalue weighted by Gasteiger charge is 2.03. The summed E-state index contributed by atoms with van der Waals surface area (Å²) in [4.78, 5) is 0. The number of hydrogen-bond donors (Lipinski definition) is 1. The van der Waals surface area contributed by atoms with Gasteiger partial charge in [-0.05, 0) is 67.6 Å². The highest BCUT2D eigenvalue weighted by atomic mass is 79.9. The number of rotatable bonds is 6. The van der Waals surface area contributed by atoms with Crippen LogP contribution in [0.2, 0.25) is 0 Å². The second-order valence-electron chi connectivity index (χ2n) is 4.50. The number of hydrogen-bond acceptors (Lipinski definition) is 2. The molecule has 0 radical (unpaired) electrons. The molecule has 0 aromatic heterocycles. The molecule has 20 heavy (non-hydrogen) atoms. The number of para-hydroxylation sites is 1. The second kappa shape index (κ2) is 7.81. The van der Waals surface area contributed by atoms with Crippen molar-refractivity contribution in [2.75, 3.05) is 19.0 Å². The quantitative estimate of drug-likeness (QED) is 0.738. The van der Waals surface area contributed by atoms with E-state index in [0.29, 0.717) is 0 Å². The first kappa shape index (κ1) is 15.5. The summed E-state index contributed by atoms with van der Waals surface area (Å²) in [6.07, 6.45) is 0.920. The van der Waals surface area contributed by atoms with Gasteiger partial charge in [-0.1, -0.05) is 24.3 Å². The van der Waals surface area contributed by atoms with Crippen molar-refractivity contribution in [1.82, 2.24) is 0 Å². The first-order valence-electron chi connectivity index (χ1n) is 6.45. The van der Waals surface area contributed by atoms with E-state index in [1.165, 1.54) is 16.8 Å². The van der Waals surface area contributed by atoms with Crippen LogP contribution in [0.3, 0.4) is 0 Å². The van der Waals surface area contributed by atoms with Crippen LogP contribution in [-0.4, -0.2) is 13.7 Å². The largest absolute Gasteiger partial charge is 0.384 e. The van der Waals surface area contributed by atoms with Crippen molar-refractivity contribution in [3.05, 3.63) is 62.5 Å². The molecule has 0 atom stereocenters. The van der Waals surface area contributed by atoms with Crippen LogP contribution < -0.4 is 5.32 Å². The Morgan fingerprint density at radius 2 is 1.85 bits per heavy atom. The van der Waals surface area contributed by atoms with E-state index in [2.05, 4.69) is 79.6 Å². The summed E-state index contributed by atoms with van der Waals surface area (Å²) in [6.45, 7) is 1.54. The molecule has 0 amide bonds. The maximum Gasteiger partial charge on any atom is 0.0503 e. The monoisotopic (exact) mass is 397 g/mol. The summed E-state index contributed by atoms with van der Waals surface area (Å²) in [7, 11) is 1.73. The number of nitrogens with one attached hydrogen (secondary N) is 1. The summed E-state index contributed by atoms with van der Waals surface area (Å²) >= 11 is 7.01. The van der Waals surface area contributed by atoms with Gasteiger partial charge in [-0.25, -0.2) is 0 Å². The fourth-order valence-electron chi connectivity index (χ4n) is 1.97. The molecule has 106 valence electrons. The van der Waals surface area contributed by atoms with Gasteiger partial charge in [0.2, 0.25) is 0 Å². The first-order valence-corrected chi connectivity index (χ1v) is 8.04. The van der Waals surface area contributed by atoms with Crippen LogP contribution in [-0.2, 0) is 17.7 Å². The first-order chi connectivity index (χ1) is 9.70. The Balaban J connectivity index is 2.04. The molecule has 0 heterocycles. The highest BCUT2D eigenvalue weighted by molar-refractivity contribution is 9.13. The van der Waals surface area contributed by atoms with Gasteiger partial charge in [-0.15, -0.1) is 0 Å². The number of ether oxygens (including phenoxy) is 1. The molecule has 0 aliphatic carbocycles. The fourth-order valence-corrected chi connectivity index (χ4v) is 2.64. The zero-order valence-electron chi connectivity index (χ0n) is 11.3. The SMILES string of the molecule is COCCc1ccccc1NCc1ccc(Br)c(Br)c1. The number of anilines is 1. The summed E-state index contributed by atoms with van der Waals surface area (Å²) in [5, 5.41) is 3.49. The van der Waals surface area contributed by atoms with Gasteiger partial charge in [0.25, 0.3) is 0 Å². The van der Waals surface area contributed by atoms with Crippen molar-refractivity contribution in [3.63, 3.8) is 0 Å². The molecule has 2 aromatic rings. The van der Waals surface area contributed by atoms with E-state index < -0.39 is 0 Å². The molecule has 0 bridgehead atoms. The van der Waals surface area contributed by atoms with Crippen molar-refractivity contribution in [1.29, 1.82) is 0 Å². The predicted molar refractivity (Wildman–Crippen MR) is 91.2 cm³/mol. The predicted octanol–water partition coefficient (Wildman–Crippen LogP) is 5.01. The van der Waals surface area contributed by atoms with Crippen LogP contribution in [0.15, 0.2) is 51.4 Å². The zero-order valence-corrected chi connectivity index (χ0v) is 14.5.